The highest BCUT2D eigenvalue weighted by Gasteiger charge is 2.19. The molecule has 0 bridgehead atoms. The number of nitrogens with zero attached hydrogens (tertiary/aromatic N) is 2. The molecular formula is C15H18FN3. The summed E-state index contributed by atoms with van der Waals surface area (Å²) in [6.45, 7) is 1.79. The third-order valence-electron chi connectivity index (χ3n) is 3.77. The SMILES string of the molecule is Nc1cc(F)c(N2CCCCCC2)c2ncccc12. The standard InChI is InChI=1S/C15H18FN3/c16-12-10-13(17)11-6-5-7-18-14(11)15(12)19-8-3-1-2-4-9-19/h5-7,10H,1-4,8-9,17H2. The molecule has 0 amide bonds. The van der Waals surface area contributed by atoms with Gasteiger partial charge < -0.3 is 10.6 Å². The summed E-state index contributed by atoms with van der Waals surface area (Å²) in [5.41, 5.74) is 7.65. The van der Waals surface area contributed by atoms with E-state index >= 15 is 0 Å². The fourth-order valence-corrected chi connectivity index (χ4v) is 2.82. The van der Waals surface area contributed by atoms with Crippen molar-refractivity contribution in [3.63, 3.8) is 0 Å². The molecule has 100 valence electrons. The smallest absolute Gasteiger partial charge is 0.150 e. The first kappa shape index (κ1) is 12.2. The molecule has 19 heavy (non-hydrogen) atoms. The summed E-state index contributed by atoms with van der Waals surface area (Å²) in [4.78, 5) is 6.47. The number of nitrogens with two attached hydrogens (primary N) is 1. The lowest BCUT2D eigenvalue weighted by Gasteiger charge is -2.24. The van der Waals surface area contributed by atoms with Crippen LogP contribution in [-0.2, 0) is 0 Å². The number of hydrogen-bond acceptors (Lipinski definition) is 3. The summed E-state index contributed by atoms with van der Waals surface area (Å²) < 4.78 is 14.3. The van der Waals surface area contributed by atoms with E-state index in [9.17, 15) is 4.39 Å². The summed E-state index contributed by atoms with van der Waals surface area (Å²) in [5.74, 6) is -0.259. The Hall–Kier alpha value is -1.84. The molecule has 0 aliphatic carbocycles. The molecule has 1 aromatic heterocycles. The van der Waals surface area contributed by atoms with Crippen LogP contribution in [0.25, 0.3) is 10.9 Å². The first-order valence-corrected chi connectivity index (χ1v) is 6.85. The van der Waals surface area contributed by atoms with Gasteiger partial charge in [0.05, 0.1) is 11.2 Å². The average Bonchev–Trinajstić information content (AvgIpc) is 2.68. The maximum atomic E-state index is 14.3. The van der Waals surface area contributed by atoms with Crippen LogP contribution in [0.5, 0.6) is 0 Å². The van der Waals surface area contributed by atoms with Crippen LogP contribution in [0.1, 0.15) is 25.7 Å². The molecule has 2 N–H and O–H groups in total. The molecule has 0 spiro atoms. The van der Waals surface area contributed by atoms with Crippen LogP contribution in [0, 0.1) is 5.82 Å². The van der Waals surface area contributed by atoms with Gasteiger partial charge in [0.1, 0.15) is 0 Å². The Balaban J connectivity index is 2.16. The van der Waals surface area contributed by atoms with Crippen molar-refractivity contribution < 1.29 is 4.39 Å². The van der Waals surface area contributed by atoms with Gasteiger partial charge in [-0.3, -0.25) is 4.98 Å². The number of benzene rings is 1. The van der Waals surface area contributed by atoms with Gasteiger partial charge in [-0.05, 0) is 31.0 Å². The lowest BCUT2D eigenvalue weighted by atomic mass is 10.1. The highest BCUT2D eigenvalue weighted by Crippen LogP contribution is 2.33. The van der Waals surface area contributed by atoms with Gasteiger partial charge in [0.2, 0.25) is 0 Å². The lowest BCUT2D eigenvalue weighted by molar-refractivity contribution is 0.619. The molecule has 0 unspecified atom stereocenters. The van der Waals surface area contributed by atoms with E-state index in [1.54, 1.807) is 6.20 Å². The Bertz CT molecular complexity index is 589. The number of aromatic nitrogens is 1. The number of anilines is 2. The summed E-state index contributed by atoms with van der Waals surface area (Å²) >= 11 is 0. The largest absolute Gasteiger partial charge is 0.398 e. The minimum Gasteiger partial charge on any atom is -0.398 e. The van der Waals surface area contributed by atoms with Crippen LogP contribution in [-0.4, -0.2) is 18.1 Å². The van der Waals surface area contributed by atoms with Crippen molar-refractivity contribution in [3.8, 4) is 0 Å². The van der Waals surface area contributed by atoms with E-state index in [0.717, 1.165) is 31.3 Å². The van der Waals surface area contributed by atoms with Crippen LogP contribution in [0.15, 0.2) is 24.4 Å². The minimum atomic E-state index is -0.259. The fraction of sp³-hybridized carbons (Fsp3) is 0.400. The maximum absolute atomic E-state index is 14.3. The Morgan fingerprint density at radius 2 is 1.89 bits per heavy atom. The Morgan fingerprint density at radius 1 is 1.16 bits per heavy atom. The first-order valence-electron chi connectivity index (χ1n) is 6.85. The fourth-order valence-electron chi connectivity index (χ4n) is 2.82. The quantitative estimate of drug-likeness (QED) is 0.799. The van der Waals surface area contributed by atoms with Crippen molar-refractivity contribution in [1.82, 2.24) is 4.98 Å². The van der Waals surface area contributed by atoms with Crippen molar-refractivity contribution in [2.45, 2.75) is 25.7 Å². The Labute approximate surface area is 112 Å². The molecule has 3 nitrogen and oxygen atoms in total. The van der Waals surface area contributed by atoms with Crippen LogP contribution in [0.2, 0.25) is 0 Å². The number of pyridine rings is 1. The second-order valence-corrected chi connectivity index (χ2v) is 5.10. The summed E-state index contributed by atoms with van der Waals surface area (Å²) in [6, 6.07) is 5.16. The Kier molecular flexibility index (Phi) is 3.23. The van der Waals surface area contributed by atoms with Gasteiger partial charge >= 0.3 is 0 Å². The molecule has 1 aliphatic rings. The van der Waals surface area contributed by atoms with E-state index in [1.165, 1.54) is 18.9 Å². The van der Waals surface area contributed by atoms with E-state index in [1.807, 2.05) is 12.1 Å². The van der Waals surface area contributed by atoms with Gasteiger partial charge in [-0.15, -0.1) is 0 Å². The number of fused-ring (bicyclic) bond motifs is 1. The van der Waals surface area contributed by atoms with Crippen LogP contribution in [0.3, 0.4) is 0 Å². The number of hydrogen-bond donors (Lipinski definition) is 1. The molecule has 1 saturated heterocycles. The van der Waals surface area contributed by atoms with Gasteiger partial charge in [-0.25, -0.2) is 4.39 Å². The van der Waals surface area contributed by atoms with E-state index in [2.05, 4.69) is 9.88 Å². The zero-order chi connectivity index (χ0) is 13.2. The third-order valence-corrected chi connectivity index (χ3v) is 3.77. The predicted octanol–water partition coefficient (Wildman–Crippen LogP) is 3.34. The normalized spacial score (nSPS) is 16.6. The zero-order valence-electron chi connectivity index (χ0n) is 10.9. The molecule has 1 aromatic carbocycles. The van der Waals surface area contributed by atoms with Crippen molar-refractivity contribution in [3.05, 3.63) is 30.2 Å². The van der Waals surface area contributed by atoms with Crippen LogP contribution in [0.4, 0.5) is 15.8 Å². The molecule has 4 heteroatoms. The predicted molar refractivity (Wildman–Crippen MR) is 76.8 cm³/mol. The molecular weight excluding hydrogens is 241 g/mol. The average molecular weight is 259 g/mol. The maximum Gasteiger partial charge on any atom is 0.150 e. The van der Waals surface area contributed by atoms with E-state index in [0.29, 0.717) is 16.9 Å². The minimum absolute atomic E-state index is 0.259. The second kappa shape index (κ2) is 5.03. The van der Waals surface area contributed by atoms with Crippen molar-refractivity contribution in [2.75, 3.05) is 23.7 Å². The van der Waals surface area contributed by atoms with Gasteiger partial charge in [0, 0.05) is 30.4 Å². The van der Waals surface area contributed by atoms with Crippen molar-refractivity contribution in [1.29, 1.82) is 0 Å². The van der Waals surface area contributed by atoms with E-state index in [-0.39, 0.29) is 5.82 Å². The second-order valence-electron chi connectivity index (χ2n) is 5.10. The molecule has 1 aliphatic heterocycles. The van der Waals surface area contributed by atoms with Gasteiger partial charge in [-0.1, -0.05) is 12.8 Å². The Morgan fingerprint density at radius 3 is 2.63 bits per heavy atom. The molecule has 1 fully saturated rings. The molecule has 0 radical (unpaired) electrons. The molecule has 0 saturated carbocycles. The highest BCUT2D eigenvalue weighted by molar-refractivity contribution is 5.98. The lowest BCUT2D eigenvalue weighted by Crippen LogP contribution is -2.25. The van der Waals surface area contributed by atoms with E-state index < -0.39 is 0 Å². The first-order chi connectivity index (χ1) is 9.27. The van der Waals surface area contributed by atoms with Gasteiger partial charge in [0.15, 0.2) is 5.82 Å². The van der Waals surface area contributed by atoms with E-state index in [4.69, 9.17) is 5.73 Å². The molecule has 2 aromatic rings. The molecule has 3 rings (SSSR count). The monoisotopic (exact) mass is 259 g/mol. The highest BCUT2D eigenvalue weighted by atomic mass is 19.1. The number of halogens is 1. The third kappa shape index (κ3) is 2.23. The number of nitrogen functional groups attached to an aromatic ring is 1. The topological polar surface area (TPSA) is 42.1 Å². The zero-order valence-corrected chi connectivity index (χ0v) is 10.9. The number of rotatable bonds is 1. The van der Waals surface area contributed by atoms with Crippen LogP contribution < -0.4 is 10.6 Å². The van der Waals surface area contributed by atoms with Gasteiger partial charge in [-0.2, -0.15) is 0 Å². The summed E-state index contributed by atoms with van der Waals surface area (Å²) in [6.07, 6.45) is 6.36. The van der Waals surface area contributed by atoms with Crippen LogP contribution >= 0.6 is 0 Å². The molecule has 2 heterocycles. The summed E-state index contributed by atoms with van der Waals surface area (Å²) in [5, 5.41) is 0.836. The van der Waals surface area contributed by atoms with Crippen molar-refractivity contribution >= 4 is 22.3 Å². The van der Waals surface area contributed by atoms with Gasteiger partial charge in [0.25, 0.3) is 0 Å². The summed E-state index contributed by atoms with van der Waals surface area (Å²) in [7, 11) is 0. The van der Waals surface area contributed by atoms with Crippen molar-refractivity contribution in [2.24, 2.45) is 0 Å². The molecule has 0 atom stereocenters.